The molecular formula is C21H26N4O2. The summed E-state index contributed by atoms with van der Waals surface area (Å²) >= 11 is 0. The molecule has 0 atom stereocenters. The van der Waals surface area contributed by atoms with Crippen LogP contribution in [0.2, 0.25) is 0 Å². The third kappa shape index (κ3) is 3.23. The number of nitrogens with zero attached hydrogens (tertiary/aromatic N) is 3. The fourth-order valence-corrected chi connectivity index (χ4v) is 3.48. The standard InChI is InChI=1S/C21H26N4O2/c1-6-25(7-2)17-13-19-18(23(4)21(27)24(19)5)12-16(17)22-20(26)15-11-9-8-10-14(15)3/h8-13H,6-7H2,1-5H3,(H,22,26). The van der Waals surface area contributed by atoms with Crippen molar-refractivity contribution in [2.75, 3.05) is 23.3 Å². The molecule has 0 bridgehead atoms. The molecule has 6 nitrogen and oxygen atoms in total. The Morgan fingerprint density at radius 3 is 2.22 bits per heavy atom. The number of carbonyl (C=O) groups excluding carboxylic acids is 1. The maximum absolute atomic E-state index is 12.9. The number of fused-ring (bicyclic) bond motifs is 1. The van der Waals surface area contributed by atoms with Crippen molar-refractivity contribution in [1.29, 1.82) is 0 Å². The van der Waals surface area contributed by atoms with E-state index in [1.165, 1.54) is 0 Å². The molecule has 1 aromatic heterocycles. The molecule has 0 saturated carbocycles. The van der Waals surface area contributed by atoms with Crippen molar-refractivity contribution in [3.8, 4) is 0 Å². The van der Waals surface area contributed by atoms with E-state index in [0.717, 1.165) is 35.4 Å². The van der Waals surface area contributed by atoms with Crippen LogP contribution >= 0.6 is 0 Å². The summed E-state index contributed by atoms with van der Waals surface area (Å²) in [6.45, 7) is 7.67. The van der Waals surface area contributed by atoms with Crippen molar-refractivity contribution in [1.82, 2.24) is 9.13 Å². The Balaban J connectivity index is 2.16. The zero-order chi connectivity index (χ0) is 19.7. The van der Waals surface area contributed by atoms with Crippen LogP contribution in [-0.2, 0) is 14.1 Å². The Kier molecular flexibility index (Phi) is 5.08. The lowest BCUT2D eigenvalue weighted by molar-refractivity contribution is 0.102. The molecule has 0 unspecified atom stereocenters. The Morgan fingerprint density at radius 1 is 1.04 bits per heavy atom. The molecule has 6 heteroatoms. The van der Waals surface area contributed by atoms with Crippen LogP contribution < -0.4 is 15.9 Å². The lowest BCUT2D eigenvalue weighted by Gasteiger charge is -2.25. The predicted molar refractivity (Wildman–Crippen MR) is 111 cm³/mol. The topological polar surface area (TPSA) is 59.3 Å². The molecule has 142 valence electrons. The van der Waals surface area contributed by atoms with Crippen LogP contribution in [0.25, 0.3) is 11.0 Å². The van der Waals surface area contributed by atoms with E-state index in [9.17, 15) is 9.59 Å². The Labute approximate surface area is 159 Å². The van der Waals surface area contributed by atoms with Gasteiger partial charge in [0.15, 0.2) is 0 Å². The number of hydrogen-bond acceptors (Lipinski definition) is 3. The Morgan fingerprint density at radius 2 is 1.63 bits per heavy atom. The van der Waals surface area contributed by atoms with E-state index >= 15 is 0 Å². The summed E-state index contributed by atoms with van der Waals surface area (Å²) in [6, 6.07) is 11.4. The molecule has 0 radical (unpaired) electrons. The van der Waals surface area contributed by atoms with Crippen molar-refractivity contribution in [3.63, 3.8) is 0 Å². The van der Waals surface area contributed by atoms with Crippen molar-refractivity contribution >= 4 is 28.3 Å². The van der Waals surface area contributed by atoms with Crippen LogP contribution in [-0.4, -0.2) is 28.1 Å². The molecule has 0 aliphatic rings. The van der Waals surface area contributed by atoms with E-state index in [1.807, 2.05) is 43.3 Å². The predicted octanol–water partition coefficient (Wildman–Crippen LogP) is 3.28. The number of benzene rings is 2. The number of carbonyl (C=O) groups is 1. The molecule has 3 rings (SSSR count). The van der Waals surface area contributed by atoms with Gasteiger partial charge in [-0.15, -0.1) is 0 Å². The number of amides is 1. The number of hydrogen-bond donors (Lipinski definition) is 1. The van der Waals surface area contributed by atoms with Gasteiger partial charge >= 0.3 is 5.69 Å². The van der Waals surface area contributed by atoms with Crippen LogP contribution in [0.5, 0.6) is 0 Å². The second kappa shape index (κ2) is 7.31. The first-order chi connectivity index (χ1) is 12.9. The minimum atomic E-state index is -0.151. The highest BCUT2D eigenvalue weighted by atomic mass is 16.2. The lowest BCUT2D eigenvalue weighted by Crippen LogP contribution is -2.24. The van der Waals surface area contributed by atoms with E-state index in [-0.39, 0.29) is 11.6 Å². The molecule has 0 saturated heterocycles. The first kappa shape index (κ1) is 18.8. The molecule has 3 aromatic rings. The van der Waals surface area contributed by atoms with Gasteiger partial charge in [0.1, 0.15) is 0 Å². The van der Waals surface area contributed by atoms with Gasteiger partial charge in [0.2, 0.25) is 0 Å². The normalized spacial score (nSPS) is 11.0. The monoisotopic (exact) mass is 366 g/mol. The van der Waals surface area contributed by atoms with Crippen LogP contribution in [0.4, 0.5) is 11.4 Å². The summed E-state index contributed by atoms with van der Waals surface area (Å²) in [4.78, 5) is 27.4. The number of aromatic nitrogens is 2. The first-order valence-corrected chi connectivity index (χ1v) is 9.20. The van der Waals surface area contributed by atoms with E-state index in [2.05, 4.69) is 24.1 Å². The van der Waals surface area contributed by atoms with Crippen molar-refractivity contribution in [2.45, 2.75) is 20.8 Å². The lowest BCUT2D eigenvalue weighted by atomic mass is 10.1. The fourth-order valence-electron chi connectivity index (χ4n) is 3.48. The summed E-state index contributed by atoms with van der Waals surface area (Å²) < 4.78 is 3.24. The number of nitrogens with one attached hydrogen (secondary N) is 1. The zero-order valence-electron chi connectivity index (χ0n) is 16.5. The summed E-state index contributed by atoms with van der Waals surface area (Å²) in [5.74, 6) is -0.151. The Bertz CT molecular complexity index is 1060. The maximum atomic E-state index is 12.9. The van der Waals surface area contributed by atoms with Gasteiger partial charge in [-0.2, -0.15) is 0 Å². The van der Waals surface area contributed by atoms with Gasteiger partial charge in [-0.3, -0.25) is 13.9 Å². The molecule has 0 aliphatic heterocycles. The SMILES string of the molecule is CCN(CC)c1cc2c(cc1NC(=O)c1ccccc1C)n(C)c(=O)n2C. The third-order valence-corrected chi connectivity index (χ3v) is 5.13. The van der Waals surface area contributed by atoms with Crippen LogP contribution in [0.3, 0.4) is 0 Å². The van der Waals surface area contributed by atoms with Gasteiger partial charge < -0.3 is 10.2 Å². The van der Waals surface area contributed by atoms with Crippen LogP contribution in [0.1, 0.15) is 29.8 Å². The second-order valence-corrected chi connectivity index (χ2v) is 6.70. The minimum Gasteiger partial charge on any atom is -0.370 e. The van der Waals surface area contributed by atoms with Gasteiger partial charge in [-0.1, -0.05) is 18.2 Å². The Hall–Kier alpha value is -3.02. The highest BCUT2D eigenvalue weighted by Gasteiger charge is 2.18. The van der Waals surface area contributed by atoms with Crippen molar-refractivity contribution in [3.05, 3.63) is 58.0 Å². The van der Waals surface area contributed by atoms with Gasteiger partial charge in [-0.25, -0.2) is 4.79 Å². The van der Waals surface area contributed by atoms with Crippen molar-refractivity contribution < 1.29 is 4.79 Å². The average molecular weight is 366 g/mol. The first-order valence-electron chi connectivity index (χ1n) is 9.20. The van der Waals surface area contributed by atoms with E-state index < -0.39 is 0 Å². The average Bonchev–Trinajstić information content (AvgIpc) is 2.87. The molecule has 0 spiro atoms. The quantitative estimate of drug-likeness (QED) is 0.754. The minimum absolute atomic E-state index is 0.0853. The molecule has 0 fully saturated rings. The van der Waals surface area contributed by atoms with E-state index in [4.69, 9.17) is 0 Å². The van der Waals surface area contributed by atoms with Gasteiger partial charge in [-0.05, 0) is 44.5 Å². The number of imidazole rings is 1. The molecule has 2 aromatic carbocycles. The van der Waals surface area contributed by atoms with E-state index in [1.54, 1.807) is 23.2 Å². The van der Waals surface area contributed by atoms with Gasteiger partial charge in [0.25, 0.3) is 5.91 Å². The number of aryl methyl sites for hydroxylation is 3. The molecule has 27 heavy (non-hydrogen) atoms. The largest absolute Gasteiger partial charge is 0.370 e. The highest BCUT2D eigenvalue weighted by molar-refractivity contribution is 6.08. The van der Waals surface area contributed by atoms with E-state index in [0.29, 0.717) is 11.3 Å². The fraction of sp³-hybridized carbons (Fsp3) is 0.333. The highest BCUT2D eigenvalue weighted by Crippen LogP contribution is 2.31. The summed E-state index contributed by atoms with van der Waals surface area (Å²) in [7, 11) is 3.51. The van der Waals surface area contributed by atoms with Crippen LogP contribution in [0.15, 0.2) is 41.2 Å². The van der Waals surface area contributed by atoms with Crippen LogP contribution in [0, 0.1) is 6.92 Å². The summed E-state index contributed by atoms with van der Waals surface area (Å²) in [5, 5.41) is 3.06. The summed E-state index contributed by atoms with van der Waals surface area (Å²) in [6.07, 6.45) is 0. The number of rotatable bonds is 5. The molecule has 1 heterocycles. The smallest absolute Gasteiger partial charge is 0.328 e. The summed E-state index contributed by atoms with van der Waals surface area (Å²) in [5.41, 5.74) is 4.74. The maximum Gasteiger partial charge on any atom is 0.328 e. The molecule has 0 aliphatic carbocycles. The zero-order valence-corrected chi connectivity index (χ0v) is 16.5. The molecule has 1 N–H and O–H groups in total. The molecular weight excluding hydrogens is 340 g/mol. The number of anilines is 2. The van der Waals surface area contributed by atoms with Crippen molar-refractivity contribution in [2.24, 2.45) is 14.1 Å². The second-order valence-electron chi connectivity index (χ2n) is 6.70. The van der Waals surface area contributed by atoms with Gasteiger partial charge in [0, 0.05) is 32.7 Å². The third-order valence-electron chi connectivity index (χ3n) is 5.13. The van der Waals surface area contributed by atoms with Gasteiger partial charge in [0.05, 0.1) is 22.4 Å². The molecule has 1 amide bonds.